The molecule has 2 atom stereocenters. The molecule has 2 bridgehead atoms. The first-order valence-corrected chi connectivity index (χ1v) is 7.36. The van der Waals surface area contributed by atoms with E-state index in [1.165, 1.54) is 10.6 Å². The second kappa shape index (κ2) is 5.74. The minimum absolute atomic E-state index is 0. The molecule has 1 saturated heterocycles. The molecule has 1 fully saturated rings. The quantitative estimate of drug-likeness (QED) is 0.857. The van der Waals surface area contributed by atoms with E-state index in [1.54, 1.807) is 24.4 Å². The van der Waals surface area contributed by atoms with Gasteiger partial charge in [0.05, 0.1) is 5.69 Å². The summed E-state index contributed by atoms with van der Waals surface area (Å²) in [6.45, 7) is 2.67. The molecule has 0 amide bonds. The number of pyridine rings is 2. The van der Waals surface area contributed by atoms with Crippen molar-refractivity contribution in [3.8, 4) is 5.69 Å². The summed E-state index contributed by atoms with van der Waals surface area (Å²) in [6, 6.07) is 8.59. The maximum Gasteiger partial charge on any atom is 0.255 e. The molecule has 6 heteroatoms. The normalized spacial score (nSPS) is 22.5. The Morgan fingerprint density at radius 3 is 2.77 bits per heavy atom. The molecule has 4 rings (SSSR count). The molecule has 1 unspecified atom stereocenters. The number of nitrogens with one attached hydrogen (secondary N) is 1. The lowest BCUT2D eigenvalue weighted by atomic mass is 9.84. The highest BCUT2D eigenvalue weighted by Crippen LogP contribution is 2.32. The summed E-state index contributed by atoms with van der Waals surface area (Å²) in [5.74, 6) is 0.906. The molecule has 2 aromatic heterocycles. The van der Waals surface area contributed by atoms with Crippen molar-refractivity contribution in [1.82, 2.24) is 14.5 Å². The van der Waals surface area contributed by atoms with Gasteiger partial charge in [-0.25, -0.2) is 0 Å². The van der Waals surface area contributed by atoms with Gasteiger partial charge in [-0.2, -0.15) is 0 Å². The molecule has 4 heterocycles. The predicted octanol–water partition coefficient (Wildman–Crippen LogP) is 1.13. The summed E-state index contributed by atoms with van der Waals surface area (Å²) in [5, 5.41) is 3.43. The van der Waals surface area contributed by atoms with Crippen LogP contribution in [0.3, 0.4) is 0 Å². The number of hydrogen-bond donors (Lipinski definition) is 1. The minimum atomic E-state index is -0.114. The van der Waals surface area contributed by atoms with Gasteiger partial charge >= 0.3 is 0 Å². The number of fused-ring (bicyclic) bond motifs is 4. The second-order valence-electron chi connectivity index (χ2n) is 5.95. The van der Waals surface area contributed by atoms with Crippen molar-refractivity contribution in [2.75, 3.05) is 13.1 Å². The van der Waals surface area contributed by atoms with Crippen LogP contribution in [0.25, 0.3) is 5.69 Å². The van der Waals surface area contributed by atoms with Gasteiger partial charge in [0.25, 0.3) is 11.1 Å². The average Bonchev–Trinajstić information content (AvgIpc) is 2.49. The molecule has 22 heavy (non-hydrogen) atoms. The maximum atomic E-state index is 12.4. The standard InChI is InChI=1S/C16H17N3O2.ClH/c20-15-3-1-2-4-18(15)13-6-14-12-5-11(8-17-9-12)10-19(14)16(21)7-13;/h1-4,6-7,11-12,17H,5,8-10H2;1H/t11?,12-;/m0./s1. The Kier molecular flexibility index (Phi) is 3.93. The van der Waals surface area contributed by atoms with Crippen molar-refractivity contribution >= 4 is 12.4 Å². The Morgan fingerprint density at radius 1 is 1.09 bits per heavy atom. The third-order valence-corrected chi connectivity index (χ3v) is 4.55. The first-order chi connectivity index (χ1) is 10.2. The molecule has 0 radical (unpaired) electrons. The van der Waals surface area contributed by atoms with Gasteiger partial charge < -0.3 is 9.88 Å². The zero-order chi connectivity index (χ0) is 14.4. The van der Waals surface area contributed by atoms with Crippen LogP contribution in [0.1, 0.15) is 18.0 Å². The van der Waals surface area contributed by atoms with Crippen LogP contribution in [-0.2, 0) is 6.54 Å². The molecule has 2 aromatic rings. The van der Waals surface area contributed by atoms with Gasteiger partial charge in [0.1, 0.15) is 0 Å². The maximum absolute atomic E-state index is 12.4. The van der Waals surface area contributed by atoms with Crippen LogP contribution in [0, 0.1) is 5.92 Å². The van der Waals surface area contributed by atoms with E-state index in [2.05, 4.69) is 5.32 Å². The third kappa shape index (κ3) is 2.40. The largest absolute Gasteiger partial charge is 0.316 e. The summed E-state index contributed by atoms with van der Waals surface area (Å²) < 4.78 is 3.42. The number of nitrogens with zero attached hydrogens (tertiary/aromatic N) is 2. The van der Waals surface area contributed by atoms with Crippen molar-refractivity contribution in [2.24, 2.45) is 5.92 Å². The number of hydrogen-bond acceptors (Lipinski definition) is 3. The smallest absolute Gasteiger partial charge is 0.255 e. The highest BCUT2D eigenvalue weighted by Gasteiger charge is 2.31. The molecule has 1 N–H and O–H groups in total. The fourth-order valence-corrected chi connectivity index (χ4v) is 3.57. The first kappa shape index (κ1) is 15.1. The van der Waals surface area contributed by atoms with Crippen molar-refractivity contribution < 1.29 is 0 Å². The van der Waals surface area contributed by atoms with Gasteiger partial charge in [0, 0.05) is 43.0 Å². The number of piperidine rings is 1. The van der Waals surface area contributed by atoms with Crippen LogP contribution >= 0.6 is 12.4 Å². The Balaban J connectivity index is 0.00000144. The van der Waals surface area contributed by atoms with Gasteiger partial charge in [-0.15, -0.1) is 12.4 Å². The molecule has 0 aromatic carbocycles. The van der Waals surface area contributed by atoms with Gasteiger partial charge in [0.15, 0.2) is 0 Å². The molecule has 116 valence electrons. The van der Waals surface area contributed by atoms with Crippen molar-refractivity contribution in [3.05, 3.63) is 62.9 Å². The van der Waals surface area contributed by atoms with E-state index in [-0.39, 0.29) is 23.5 Å². The molecule has 5 nitrogen and oxygen atoms in total. The summed E-state index contributed by atoms with van der Waals surface area (Å²) in [5.41, 5.74) is 1.60. The Hall–Kier alpha value is -1.85. The second-order valence-corrected chi connectivity index (χ2v) is 5.95. The summed E-state index contributed by atoms with van der Waals surface area (Å²) in [7, 11) is 0. The SMILES string of the molecule is Cl.O=c1ccccn1-c1cc2n(c(=O)c1)CC1CNC[C@@H]2C1. The number of rotatable bonds is 1. The van der Waals surface area contributed by atoms with Crippen molar-refractivity contribution in [3.63, 3.8) is 0 Å². The van der Waals surface area contributed by atoms with E-state index in [1.807, 2.05) is 10.6 Å². The van der Waals surface area contributed by atoms with E-state index in [9.17, 15) is 9.59 Å². The third-order valence-electron chi connectivity index (χ3n) is 4.55. The Morgan fingerprint density at radius 2 is 1.95 bits per heavy atom. The van der Waals surface area contributed by atoms with Crippen molar-refractivity contribution in [2.45, 2.75) is 18.9 Å². The lowest BCUT2D eigenvalue weighted by Gasteiger charge is -2.37. The lowest BCUT2D eigenvalue weighted by Crippen LogP contribution is -2.45. The van der Waals surface area contributed by atoms with Crippen LogP contribution in [0.15, 0.2) is 46.1 Å². The number of aromatic nitrogens is 2. The van der Waals surface area contributed by atoms with Gasteiger partial charge in [-0.3, -0.25) is 14.2 Å². The molecule has 0 saturated carbocycles. The fourth-order valence-electron chi connectivity index (χ4n) is 3.57. The van der Waals surface area contributed by atoms with E-state index < -0.39 is 0 Å². The van der Waals surface area contributed by atoms with E-state index in [4.69, 9.17) is 0 Å². The number of halogens is 1. The Bertz CT molecular complexity index is 812. The first-order valence-electron chi connectivity index (χ1n) is 7.36. The van der Waals surface area contributed by atoms with Crippen LogP contribution in [0.4, 0.5) is 0 Å². The van der Waals surface area contributed by atoms with E-state index in [0.29, 0.717) is 17.5 Å². The van der Waals surface area contributed by atoms with Gasteiger partial charge in [0.2, 0.25) is 0 Å². The zero-order valence-electron chi connectivity index (χ0n) is 12.1. The predicted molar refractivity (Wildman–Crippen MR) is 87.3 cm³/mol. The zero-order valence-corrected chi connectivity index (χ0v) is 12.9. The minimum Gasteiger partial charge on any atom is -0.316 e. The fraction of sp³-hybridized carbons (Fsp3) is 0.375. The monoisotopic (exact) mass is 319 g/mol. The molecule has 2 aliphatic rings. The molecule has 0 spiro atoms. The van der Waals surface area contributed by atoms with E-state index in [0.717, 1.165) is 31.7 Å². The van der Waals surface area contributed by atoms with Gasteiger partial charge in [-0.1, -0.05) is 6.07 Å². The summed E-state index contributed by atoms with van der Waals surface area (Å²) >= 11 is 0. The van der Waals surface area contributed by atoms with Crippen LogP contribution in [0.2, 0.25) is 0 Å². The molecular weight excluding hydrogens is 302 g/mol. The molecule has 0 aliphatic carbocycles. The highest BCUT2D eigenvalue weighted by atomic mass is 35.5. The average molecular weight is 320 g/mol. The van der Waals surface area contributed by atoms with Crippen molar-refractivity contribution in [1.29, 1.82) is 0 Å². The van der Waals surface area contributed by atoms with Gasteiger partial charge in [-0.05, 0) is 31.0 Å². The summed E-state index contributed by atoms with van der Waals surface area (Å²) in [6.07, 6.45) is 2.83. The molecule has 2 aliphatic heterocycles. The molecular formula is C16H18ClN3O2. The van der Waals surface area contributed by atoms with Crippen LogP contribution < -0.4 is 16.4 Å². The Labute approximate surface area is 134 Å². The topological polar surface area (TPSA) is 56.0 Å². The van der Waals surface area contributed by atoms with Crippen LogP contribution in [0.5, 0.6) is 0 Å². The highest BCUT2D eigenvalue weighted by molar-refractivity contribution is 5.85. The summed E-state index contributed by atoms with van der Waals surface area (Å²) in [4.78, 5) is 24.4. The van der Waals surface area contributed by atoms with E-state index >= 15 is 0 Å². The lowest BCUT2D eigenvalue weighted by molar-refractivity contribution is 0.257. The van der Waals surface area contributed by atoms with Crippen LogP contribution in [-0.4, -0.2) is 22.2 Å².